The van der Waals surface area contributed by atoms with Crippen molar-refractivity contribution in [2.45, 2.75) is 13.0 Å². The fourth-order valence-electron chi connectivity index (χ4n) is 2.72. The number of nitrogens with zero attached hydrogens (tertiary/aromatic N) is 3. The first-order valence-corrected chi connectivity index (χ1v) is 8.80. The summed E-state index contributed by atoms with van der Waals surface area (Å²) in [6, 6.07) is 18.0. The van der Waals surface area contributed by atoms with Crippen molar-refractivity contribution in [3.8, 4) is 5.75 Å². The lowest BCUT2D eigenvalue weighted by molar-refractivity contribution is 0.311. The van der Waals surface area contributed by atoms with Crippen LogP contribution in [-0.4, -0.2) is 35.7 Å². The molecule has 0 saturated carbocycles. The lowest BCUT2D eigenvalue weighted by Gasteiger charge is -2.12. The third-order valence-corrected chi connectivity index (χ3v) is 4.14. The zero-order valence-corrected chi connectivity index (χ0v) is 18.0. The molecule has 0 saturated heterocycles. The Hall–Kier alpha value is -2.29. The number of fused-ring (bicyclic) bond motifs is 1. The van der Waals surface area contributed by atoms with E-state index in [9.17, 15) is 0 Å². The van der Waals surface area contributed by atoms with Gasteiger partial charge in [0.1, 0.15) is 11.6 Å². The molecule has 1 aromatic heterocycles. The van der Waals surface area contributed by atoms with Gasteiger partial charge in [0.05, 0.1) is 24.2 Å². The molecule has 0 fully saturated rings. The summed E-state index contributed by atoms with van der Waals surface area (Å²) in [6.07, 6.45) is 0.891. The van der Waals surface area contributed by atoms with E-state index in [1.807, 2.05) is 55.6 Å². The Labute approximate surface area is 177 Å². The molecule has 0 aliphatic carbocycles. The minimum absolute atomic E-state index is 0. The van der Waals surface area contributed by atoms with Gasteiger partial charge in [-0.25, -0.2) is 4.98 Å². The lowest BCUT2D eigenvalue weighted by Crippen LogP contribution is -2.38. The van der Waals surface area contributed by atoms with Gasteiger partial charge in [0.15, 0.2) is 5.96 Å². The number of hydrogen-bond acceptors (Lipinski definition) is 3. The Morgan fingerprint density at radius 3 is 2.56 bits per heavy atom. The van der Waals surface area contributed by atoms with E-state index in [2.05, 4.69) is 31.2 Å². The predicted molar refractivity (Wildman–Crippen MR) is 121 cm³/mol. The first-order valence-electron chi connectivity index (χ1n) is 8.80. The molecule has 0 amide bonds. The van der Waals surface area contributed by atoms with Crippen LogP contribution < -0.4 is 15.4 Å². The molecule has 3 aromatic rings. The van der Waals surface area contributed by atoms with Crippen LogP contribution in [0.15, 0.2) is 59.6 Å². The molecular weight excluding hydrogens is 453 g/mol. The highest BCUT2D eigenvalue weighted by Gasteiger charge is 2.07. The van der Waals surface area contributed by atoms with E-state index in [1.165, 1.54) is 0 Å². The molecule has 7 heteroatoms. The van der Waals surface area contributed by atoms with Gasteiger partial charge in [0, 0.05) is 20.6 Å². The molecule has 0 spiro atoms. The van der Waals surface area contributed by atoms with Crippen molar-refractivity contribution in [1.29, 1.82) is 0 Å². The maximum atomic E-state index is 5.69. The summed E-state index contributed by atoms with van der Waals surface area (Å²) in [5.41, 5.74) is 2.14. The van der Waals surface area contributed by atoms with Crippen LogP contribution in [0.2, 0.25) is 0 Å². The summed E-state index contributed by atoms with van der Waals surface area (Å²) in [5, 5.41) is 6.61. The van der Waals surface area contributed by atoms with E-state index in [0.29, 0.717) is 13.2 Å². The standard InChI is InChI=1S/C20H25N5O.HI/c1-21-20(22-13-8-14-26-16-9-4-3-5-10-16)23-15-19-24-17-11-6-7-12-18(17)25(19)2;/h3-7,9-12H,8,13-15H2,1-2H3,(H2,21,22,23);1H. The summed E-state index contributed by atoms with van der Waals surface area (Å²) < 4.78 is 7.79. The van der Waals surface area contributed by atoms with E-state index in [1.54, 1.807) is 7.05 Å². The topological polar surface area (TPSA) is 63.5 Å². The normalized spacial score (nSPS) is 11.1. The van der Waals surface area contributed by atoms with Gasteiger partial charge >= 0.3 is 0 Å². The second kappa shape index (κ2) is 10.8. The quantitative estimate of drug-likeness (QED) is 0.236. The fourth-order valence-corrected chi connectivity index (χ4v) is 2.72. The van der Waals surface area contributed by atoms with Crippen molar-refractivity contribution >= 4 is 41.0 Å². The molecule has 27 heavy (non-hydrogen) atoms. The Morgan fingerprint density at radius 2 is 1.81 bits per heavy atom. The summed E-state index contributed by atoms with van der Waals surface area (Å²) in [6.45, 7) is 2.07. The maximum absolute atomic E-state index is 5.69. The van der Waals surface area contributed by atoms with Gasteiger partial charge in [-0.2, -0.15) is 0 Å². The Morgan fingerprint density at radius 1 is 1.07 bits per heavy atom. The van der Waals surface area contributed by atoms with Crippen molar-refractivity contribution in [2.24, 2.45) is 12.0 Å². The minimum Gasteiger partial charge on any atom is -0.494 e. The number of aromatic nitrogens is 2. The van der Waals surface area contributed by atoms with Crippen molar-refractivity contribution in [3.63, 3.8) is 0 Å². The second-order valence-electron chi connectivity index (χ2n) is 5.94. The average molecular weight is 479 g/mol. The van der Waals surface area contributed by atoms with Crippen LogP contribution in [0.1, 0.15) is 12.2 Å². The largest absolute Gasteiger partial charge is 0.494 e. The van der Waals surface area contributed by atoms with Crippen LogP contribution >= 0.6 is 24.0 Å². The van der Waals surface area contributed by atoms with Crippen LogP contribution in [0.3, 0.4) is 0 Å². The molecule has 6 nitrogen and oxygen atoms in total. The Bertz CT molecular complexity index is 863. The van der Waals surface area contributed by atoms with E-state index < -0.39 is 0 Å². The van der Waals surface area contributed by atoms with Crippen molar-refractivity contribution in [3.05, 3.63) is 60.4 Å². The minimum atomic E-state index is 0. The average Bonchev–Trinajstić information content (AvgIpc) is 3.01. The summed E-state index contributed by atoms with van der Waals surface area (Å²) >= 11 is 0. The number of nitrogens with one attached hydrogen (secondary N) is 2. The van der Waals surface area contributed by atoms with Gasteiger partial charge in [-0.3, -0.25) is 4.99 Å². The van der Waals surface area contributed by atoms with Crippen LogP contribution in [0, 0.1) is 0 Å². The van der Waals surface area contributed by atoms with E-state index in [0.717, 1.165) is 41.5 Å². The molecule has 0 bridgehead atoms. The highest BCUT2D eigenvalue weighted by atomic mass is 127. The van der Waals surface area contributed by atoms with Crippen molar-refractivity contribution in [2.75, 3.05) is 20.2 Å². The smallest absolute Gasteiger partial charge is 0.191 e. The van der Waals surface area contributed by atoms with Crippen molar-refractivity contribution < 1.29 is 4.74 Å². The third-order valence-electron chi connectivity index (χ3n) is 4.14. The highest BCUT2D eigenvalue weighted by molar-refractivity contribution is 14.0. The first kappa shape index (κ1) is 21.0. The molecule has 2 aromatic carbocycles. The number of imidazole rings is 1. The van der Waals surface area contributed by atoms with Gasteiger partial charge in [-0.05, 0) is 30.7 Å². The van der Waals surface area contributed by atoms with E-state index in [-0.39, 0.29) is 24.0 Å². The van der Waals surface area contributed by atoms with Gasteiger partial charge in [-0.1, -0.05) is 30.3 Å². The number of rotatable bonds is 7. The molecule has 1 heterocycles. The maximum Gasteiger partial charge on any atom is 0.191 e. The van der Waals surface area contributed by atoms with E-state index >= 15 is 0 Å². The van der Waals surface area contributed by atoms with Crippen molar-refractivity contribution in [1.82, 2.24) is 20.2 Å². The summed E-state index contributed by atoms with van der Waals surface area (Å²) in [5.74, 6) is 2.63. The van der Waals surface area contributed by atoms with Crippen LogP contribution in [-0.2, 0) is 13.6 Å². The van der Waals surface area contributed by atoms with Crippen LogP contribution in [0.4, 0.5) is 0 Å². The number of halogens is 1. The predicted octanol–water partition coefficient (Wildman–Crippen LogP) is 3.33. The zero-order valence-electron chi connectivity index (χ0n) is 15.7. The lowest BCUT2D eigenvalue weighted by atomic mass is 10.3. The Kier molecular flexibility index (Phi) is 8.38. The number of aryl methyl sites for hydroxylation is 1. The molecule has 0 unspecified atom stereocenters. The van der Waals surface area contributed by atoms with Gasteiger partial charge < -0.3 is 19.9 Å². The molecule has 2 N–H and O–H groups in total. The van der Waals surface area contributed by atoms with Crippen LogP contribution in [0.25, 0.3) is 11.0 Å². The monoisotopic (exact) mass is 479 g/mol. The van der Waals surface area contributed by atoms with Gasteiger partial charge in [0.25, 0.3) is 0 Å². The zero-order chi connectivity index (χ0) is 18.2. The Balaban J connectivity index is 0.00000261. The SMILES string of the molecule is CN=C(NCCCOc1ccccc1)NCc1nc2ccccc2n1C.I. The summed E-state index contributed by atoms with van der Waals surface area (Å²) in [4.78, 5) is 8.92. The second-order valence-corrected chi connectivity index (χ2v) is 5.94. The third kappa shape index (κ3) is 5.85. The van der Waals surface area contributed by atoms with Gasteiger partial charge in [-0.15, -0.1) is 24.0 Å². The molecule has 3 rings (SSSR count). The fraction of sp³-hybridized carbons (Fsp3) is 0.300. The molecule has 0 radical (unpaired) electrons. The number of para-hydroxylation sites is 3. The number of hydrogen-bond donors (Lipinski definition) is 2. The van der Waals surface area contributed by atoms with Gasteiger partial charge in [0.2, 0.25) is 0 Å². The molecule has 0 aliphatic heterocycles. The van der Waals surface area contributed by atoms with E-state index in [4.69, 9.17) is 4.74 Å². The number of guanidine groups is 1. The number of ether oxygens (including phenoxy) is 1. The molecule has 0 atom stereocenters. The first-order chi connectivity index (χ1) is 12.8. The molecule has 144 valence electrons. The number of aliphatic imine (C=N–C) groups is 1. The molecular formula is C20H26IN5O. The molecule has 0 aliphatic rings. The summed E-state index contributed by atoms with van der Waals surface area (Å²) in [7, 11) is 3.80. The van der Waals surface area contributed by atoms with Crippen LogP contribution in [0.5, 0.6) is 5.75 Å². The number of benzene rings is 2. The highest BCUT2D eigenvalue weighted by Crippen LogP contribution is 2.13.